The molecule has 8 nitrogen and oxygen atoms in total. The van der Waals surface area contributed by atoms with Crippen LogP contribution in [0.15, 0.2) is 47.5 Å². The molecule has 0 N–H and O–H groups in total. The normalized spacial score (nSPS) is 16.2. The fourth-order valence-electron chi connectivity index (χ4n) is 3.92. The topological polar surface area (TPSA) is 83.1 Å². The summed E-state index contributed by atoms with van der Waals surface area (Å²) in [5.41, 5.74) is 0.721. The minimum absolute atomic E-state index is 0.188. The van der Waals surface area contributed by atoms with Crippen LogP contribution in [-0.4, -0.2) is 75.0 Å². The largest absolute Gasteiger partial charge is 0.468 e. The average Bonchev–Trinajstić information content (AvgIpc) is 2.81. The summed E-state index contributed by atoms with van der Waals surface area (Å²) in [6.45, 7) is 6.92. The van der Waals surface area contributed by atoms with E-state index in [4.69, 9.17) is 16.3 Å². The molecule has 1 aliphatic rings. The Bertz CT molecular complexity index is 1020. The van der Waals surface area contributed by atoms with Crippen molar-refractivity contribution in [1.82, 2.24) is 14.2 Å². The van der Waals surface area contributed by atoms with Gasteiger partial charge in [0, 0.05) is 50.5 Å². The highest BCUT2D eigenvalue weighted by molar-refractivity contribution is 7.89. The third-order valence-electron chi connectivity index (χ3n) is 5.69. The minimum Gasteiger partial charge on any atom is -0.468 e. The fourth-order valence-corrected chi connectivity index (χ4v) is 5.56. The maximum Gasteiger partial charge on any atom is 0.327 e. The molecule has 0 amide bonds. The molecule has 2 aromatic rings. The van der Waals surface area contributed by atoms with Crippen LogP contribution in [0.5, 0.6) is 0 Å². The van der Waals surface area contributed by atoms with Gasteiger partial charge in [0.15, 0.2) is 0 Å². The van der Waals surface area contributed by atoms with Crippen molar-refractivity contribution in [2.75, 3.05) is 51.3 Å². The number of hydrogen-bond donors (Lipinski definition) is 0. The number of ether oxygens (including phenoxy) is 1. The predicted octanol–water partition coefficient (Wildman–Crippen LogP) is 2.80. The Labute approximate surface area is 194 Å². The number of aromatic nitrogens is 1. The van der Waals surface area contributed by atoms with Gasteiger partial charge in [-0.1, -0.05) is 43.6 Å². The van der Waals surface area contributed by atoms with Crippen LogP contribution in [0.3, 0.4) is 0 Å². The van der Waals surface area contributed by atoms with Crippen molar-refractivity contribution in [3.05, 3.63) is 53.2 Å². The number of carbonyl (C=O) groups is 1. The summed E-state index contributed by atoms with van der Waals surface area (Å²) in [7, 11) is -2.16. The Morgan fingerprint density at radius 2 is 1.78 bits per heavy atom. The van der Waals surface area contributed by atoms with Crippen LogP contribution >= 0.6 is 11.6 Å². The summed E-state index contributed by atoms with van der Waals surface area (Å²) in [5.74, 6) is 0.353. The molecule has 2 heterocycles. The quantitative estimate of drug-likeness (QED) is 0.537. The van der Waals surface area contributed by atoms with Crippen LogP contribution in [-0.2, 0) is 19.6 Å². The third-order valence-corrected chi connectivity index (χ3v) is 8.07. The Morgan fingerprint density at radius 1 is 1.12 bits per heavy atom. The predicted molar refractivity (Wildman–Crippen MR) is 124 cm³/mol. The number of methoxy groups -OCH3 is 1. The van der Waals surface area contributed by atoms with E-state index in [1.807, 2.05) is 36.9 Å². The second-order valence-corrected chi connectivity index (χ2v) is 9.76. The van der Waals surface area contributed by atoms with Gasteiger partial charge in [-0.2, -0.15) is 4.31 Å². The number of benzene rings is 1. The molecule has 32 heavy (non-hydrogen) atoms. The fraction of sp³-hybridized carbons (Fsp3) is 0.455. The summed E-state index contributed by atoms with van der Waals surface area (Å²) in [6, 6.07) is 10.0. The first kappa shape index (κ1) is 24.4. The summed E-state index contributed by atoms with van der Waals surface area (Å²) in [5, 5.41) is 0.525. The lowest BCUT2D eigenvalue weighted by atomic mass is 10.0. The number of anilines is 1. The van der Waals surface area contributed by atoms with Crippen LogP contribution in [0.4, 0.5) is 5.82 Å². The van der Waals surface area contributed by atoms with Crippen LogP contribution in [0.2, 0.25) is 5.02 Å². The van der Waals surface area contributed by atoms with Crippen molar-refractivity contribution in [3.63, 3.8) is 0 Å². The number of piperazine rings is 1. The zero-order valence-corrected chi connectivity index (χ0v) is 20.1. The summed E-state index contributed by atoms with van der Waals surface area (Å²) >= 11 is 6.35. The third kappa shape index (κ3) is 5.06. The molecule has 1 saturated heterocycles. The molecule has 3 rings (SSSR count). The molecular weight excluding hydrogens is 452 g/mol. The van der Waals surface area contributed by atoms with E-state index in [1.54, 1.807) is 18.2 Å². The lowest BCUT2D eigenvalue weighted by molar-refractivity contribution is -0.147. The smallest absolute Gasteiger partial charge is 0.327 e. The zero-order chi connectivity index (χ0) is 23.3. The van der Waals surface area contributed by atoms with Gasteiger partial charge in [0.1, 0.15) is 16.8 Å². The molecule has 1 aromatic carbocycles. The molecule has 1 atom stereocenters. The molecule has 0 bridgehead atoms. The lowest BCUT2D eigenvalue weighted by Crippen LogP contribution is -2.49. The SMILES string of the molecule is CCN(CC)S(=O)(=O)c1ccc(N2CCN(C(C(=O)OC)c3ccccc3Cl)CC2)nc1. The van der Waals surface area contributed by atoms with E-state index in [-0.39, 0.29) is 10.9 Å². The van der Waals surface area contributed by atoms with Gasteiger partial charge in [0.05, 0.1) is 7.11 Å². The molecule has 174 valence electrons. The van der Waals surface area contributed by atoms with E-state index in [1.165, 1.54) is 17.6 Å². The number of sulfonamides is 1. The maximum atomic E-state index is 12.7. The van der Waals surface area contributed by atoms with E-state index in [9.17, 15) is 13.2 Å². The van der Waals surface area contributed by atoms with Gasteiger partial charge < -0.3 is 9.64 Å². The van der Waals surface area contributed by atoms with Crippen molar-refractivity contribution in [3.8, 4) is 0 Å². The number of carbonyl (C=O) groups excluding carboxylic acids is 1. The van der Waals surface area contributed by atoms with Crippen molar-refractivity contribution in [2.24, 2.45) is 0 Å². The monoisotopic (exact) mass is 480 g/mol. The summed E-state index contributed by atoms with van der Waals surface area (Å²) < 4.78 is 31.8. The van der Waals surface area contributed by atoms with E-state index < -0.39 is 16.1 Å². The Balaban J connectivity index is 1.72. The molecule has 1 aliphatic heterocycles. The number of halogens is 1. The molecule has 1 aromatic heterocycles. The number of pyridine rings is 1. The van der Waals surface area contributed by atoms with Crippen molar-refractivity contribution in [2.45, 2.75) is 24.8 Å². The van der Waals surface area contributed by atoms with Gasteiger partial charge in [-0.3, -0.25) is 4.90 Å². The Kier molecular flexibility index (Phi) is 8.10. The van der Waals surface area contributed by atoms with Crippen LogP contribution in [0.1, 0.15) is 25.5 Å². The maximum absolute atomic E-state index is 12.7. The minimum atomic E-state index is -3.54. The van der Waals surface area contributed by atoms with Gasteiger partial charge in [-0.15, -0.1) is 0 Å². The molecule has 1 fully saturated rings. The zero-order valence-electron chi connectivity index (χ0n) is 18.6. The highest BCUT2D eigenvalue weighted by Crippen LogP contribution is 2.30. The van der Waals surface area contributed by atoms with Gasteiger partial charge in [-0.25, -0.2) is 18.2 Å². The second kappa shape index (κ2) is 10.6. The van der Waals surface area contributed by atoms with E-state index in [0.29, 0.717) is 50.1 Å². The van der Waals surface area contributed by atoms with Gasteiger partial charge in [0.2, 0.25) is 10.0 Å². The van der Waals surface area contributed by atoms with Crippen molar-refractivity contribution >= 4 is 33.4 Å². The first-order valence-corrected chi connectivity index (χ1v) is 12.4. The molecule has 0 aliphatic carbocycles. The number of nitrogens with zero attached hydrogens (tertiary/aromatic N) is 4. The number of hydrogen-bond acceptors (Lipinski definition) is 7. The van der Waals surface area contributed by atoms with E-state index in [0.717, 1.165) is 5.56 Å². The summed E-state index contributed by atoms with van der Waals surface area (Å²) in [6.07, 6.45) is 1.41. The number of rotatable bonds is 8. The number of esters is 1. The molecule has 10 heteroatoms. The lowest BCUT2D eigenvalue weighted by Gasteiger charge is -2.39. The Hall–Kier alpha value is -2.20. The highest BCUT2D eigenvalue weighted by atomic mass is 35.5. The standard InChI is InChI=1S/C22H29ClN4O4S/c1-4-27(5-2)32(29,30)17-10-11-20(24-16-17)25-12-14-26(15-13-25)21(22(28)31-3)18-8-6-7-9-19(18)23/h6-11,16,21H,4-5,12-15H2,1-3H3. The van der Waals surface area contributed by atoms with Gasteiger partial charge in [0.25, 0.3) is 0 Å². The molecule has 0 saturated carbocycles. The van der Waals surface area contributed by atoms with Crippen LogP contribution in [0, 0.1) is 0 Å². The average molecular weight is 481 g/mol. The second-order valence-electron chi connectivity index (χ2n) is 7.41. The van der Waals surface area contributed by atoms with E-state index in [2.05, 4.69) is 9.88 Å². The summed E-state index contributed by atoms with van der Waals surface area (Å²) in [4.78, 5) is 21.3. The molecule has 1 unspecified atom stereocenters. The van der Waals surface area contributed by atoms with Crippen LogP contribution < -0.4 is 4.90 Å². The molecule has 0 radical (unpaired) electrons. The molecule has 0 spiro atoms. The molecular formula is C22H29ClN4O4S. The van der Waals surface area contributed by atoms with Gasteiger partial charge in [-0.05, 0) is 23.8 Å². The van der Waals surface area contributed by atoms with Crippen molar-refractivity contribution < 1.29 is 17.9 Å². The first-order valence-electron chi connectivity index (χ1n) is 10.6. The highest BCUT2D eigenvalue weighted by Gasteiger charge is 2.33. The first-order chi connectivity index (χ1) is 15.3. The Morgan fingerprint density at radius 3 is 2.31 bits per heavy atom. The van der Waals surface area contributed by atoms with Gasteiger partial charge >= 0.3 is 5.97 Å². The van der Waals surface area contributed by atoms with Crippen LogP contribution in [0.25, 0.3) is 0 Å². The van der Waals surface area contributed by atoms with E-state index >= 15 is 0 Å². The van der Waals surface area contributed by atoms with Crippen molar-refractivity contribution in [1.29, 1.82) is 0 Å².